The first-order valence-corrected chi connectivity index (χ1v) is 5.15. The second kappa shape index (κ2) is 4.61. The van der Waals surface area contributed by atoms with Crippen molar-refractivity contribution >= 4 is 11.9 Å². The van der Waals surface area contributed by atoms with Crippen molar-refractivity contribution in [3.05, 3.63) is 0 Å². The van der Waals surface area contributed by atoms with Crippen LogP contribution in [0.1, 0.15) is 40.0 Å². The normalized spacial score (nSPS) is 25.8. The monoisotopic (exact) mass is 215 g/mol. The van der Waals surface area contributed by atoms with Gasteiger partial charge >= 0.3 is 5.97 Å². The molecular weight excluding hydrogens is 198 g/mol. The minimum absolute atomic E-state index is 0.205. The Morgan fingerprint density at radius 1 is 1.60 bits per heavy atom. The Labute approximate surface area is 89.3 Å². The SMILES string of the molecule is CCCOC1(C)CCC(=O)N1OC(C)=O. The molecule has 86 valence electrons. The van der Waals surface area contributed by atoms with Gasteiger partial charge in [0.15, 0.2) is 5.72 Å². The van der Waals surface area contributed by atoms with Crippen LogP contribution in [0.3, 0.4) is 0 Å². The lowest BCUT2D eigenvalue weighted by Crippen LogP contribution is -2.46. The molecule has 5 nitrogen and oxygen atoms in total. The Kier molecular flexibility index (Phi) is 3.68. The van der Waals surface area contributed by atoms with Gasteiger partial charge in [-0.1, -0.05) is 6.92 Å². The highest BCUT2D eigenvalue weighted by molar-refractivity contribution is 5.80. The lowest BCUT2D eigenvalue weighted by atomic mass is 10.2. The Hall–Kier alpha value is -1.10. The molecule has 0 aliphatic carbocycles. The number of carbonyl (C=O) groups is 2. The van der Waals surface area contributed by atoms with Crippen molar-refractivity contribution in [3.8, 4) is 0 Å². The first-order chi connectivity index (χ1) is 6.99. The van der Waals surface area contributed by atoms with E-state index in [4.69, 9.17) is 9.57 Å². The van der Waals surface area contributed by atoms with Crippen molar-refractivity contribution in [1.29, 1.82) is 0 Å². The number of hydrogen-bond donors (Lipinski definition) is 0. The van der Waals surface area contributed by atoms with Gasteiger partial charge in [-0.25, -0.2) is 0 Å². The first-order valence-electron chi connectivity index (χ1n) is 5.15. The average molecular weight is 215 g/mol. The van der Waals surface area contributed by atoms with Gasteiger partial charge < -0.3 is 9.57 Å². The zero-order valence-corrected chi connectivity index (χ0v) is 9.41. The van der Waals surface area contributed by atoms with E-state index in [9.17, 15) is 9.59 Å². The van der Waals surface area contributed by atoms with E-state index in [0.29, 0.717) is 19.4 Å². The molecule has 0 aromatic carbocycles. The van der Waals surface area contributed by atoms with Crippen LogP contribution in [-0.4, -0.2) is 29.3 Å². The second-order valence-corrected chi connectivity index (χ2v) is 3.79. The Bertz CT molecular complexity index is 266. The fourth-order valence-electron chi connectivity index (χ4n) is 1.53. The lowest BCUT2D eigenvalue weighted by molar-refractivity contribution is -0.261. The Morgan fingerprint density at radius 3 is 2.80 bits per heavy atom. The number of ether oxygens (including phenoxy) is 1. The molecule has 1 aliphatic heterocycles. The zero-order valence-electron chi connectivity index (χ0n) is 9.41. The van der Waals surface area contributed by atoms with Gasteiger partial charge in [-0.05, 0) is 13.3 Å². The molecule has 0 radical (unpaired) electrons. The molecule has 1 unspecified atom stereocenters. The molecule has 1 heterocycles. The van der Waals surface area contributed by atoms with Crippen molar-refractivity contribution in [2.24, 2.45) is 0 Å². The predicted molar refractivity (Wildman–Crippen MR) is 52.5 cm³/mol. The zero-order chi connectivity index (χ0) is 11.5. The van der Waals surface area contributed by atoms with Gasteiger partial charge in [0.25, 0.3) is 5.91 Å². The summed E-state index contributed by atoms with van der Waals surface area (Å²) in [4.78, 5) is 27.1. The third-order valence-corrected chi connectivity index (χ3v) is 2.30. The van der Waals surface area contributed by atoms with Crippen molar-refractivity contribution in [3.63, 3.8) is 0 Å². The highest BCUT2D eigenvalue weighted by Crippen LogP contribution is 2.31. The van der Waals surface area contributed by atoms with E-state index in [1.807, 2.05) is 6.92 Å². The molecule has 0 saturated carbocycles. The van der Waals surface area contributed by atoms with Crippen LogP contribution in [0.2, 0.25) is 0 Å². The third kappa shape index (κ3) is 2.68. The summed E-state index contributed by atoms with van der Waals surface area (Å²) in [5.41, 5.74) is -0.793. The van der Waals surface area contributed by atoms with Crippen molar-refractivity contribution in [2.75, 3.05) is 6.61 Å². The molecule has 5 heteroatoms. The van der Waals surface area contributed by atoms with E-state index >= 15 is 0 Å². The van der Waals surface area contributed by atoms with E-state index in [-0.39, 0.29) is 5.91 Å². The van der Waals surface area contributed by atoms with Crippen molar-refractivity contribution in [1.82, 2.24) is 5.06 Å². The summed E-state index contributed by atoms with van der Waals surface area (Å²) in [6, 6.07) is 0. The summed E-state index contributed by atoms with van der Waals surface area (Å²) in [7, 11) is 0. The molecule has 1 rings (SSSR count). The maximum Gasteiger partial charge on any atom is 0.329 e. The molecule has 1 saturated heterocycles. The molecule has 15 heavy (non-hydrogen) atoms. The average Bonchev–Trinajstić information content (AvgIpc) is 2.43. The van der Waals surface area contributed by atoms with Crippen LogP contribution in [0.25, 0.3) is 0 Å². The van der Waals surface area contributed by atoms with Crippen LogP contribution < -0.4 is 0 Å². The third-order valence-electron chi connectivity index (χ3n) is 2.30. The van der Waals surface area contributed by atoms with E-state index < -0.39 is 11.7 Å². The number of carbonyl (C=O) groups excluding carboxylic acids is 2. The number of hydrogen-bond acceptors (Lipinski definition) is 4. The Balaban J connectivity index is 2.69. The summed E-state index contributed by atoms with van der Waals surface area (Å²) < 4.78 is 5.55. The molecule has 1 amide bonds. The molecule has 1 aliphatic rings. The van der Waals surface area contributed by atoms with E-state index in [1.54, 1.807) is 6.92 Å². The summed E-state index contributed by atoms with van der Waals surface area (Å²) in [5.74, 6) is -0.708. The quantitative estimate of drug-likeness (QED) is 0.707. The molecule has 1 fully saturated rings. The molecule has 0 aromatic heterocycles. The van der Waals surface area contributed by atoms with E-state index in [1.165, 1.54) is 6.92 Å². The standard InChI is InChI=1S/C10H17NO4/c1-4-7-14-10(3)6-5-9(13)11(10)15-8(2)12/h4-7H2,1-3H3. The van der Waals surface area contributed by atoms with Gasteiger partial charge in [-0.2, -0.15) is 0 Å². The molecule has 0 spiro atoms. The molecule has 1 atom stereocenters. The number of hydroxylamine groups is 2. The van der Waals surface area contributed by atoms with Crippen molar-refractivity contribution in [2.45, 2.75) is 45.8 Å². The predicted octanol–water partition coefficient (Wildman–Crippen LogP) is 1.23. The number of amides is 1. The van der Waals surface area contributed by atoms with Crippen LogP contribution in [0.4, 0.5) is 0 Å². The fourth-order valence-corrected chi connectivity index (χ4v) is 1.53. The van der Waals surface area contributed by atoms with Crippen LogP contribution >= 0.6 is 0 Å². The van der Waals surface area contributed by atoms with Crippen LogP contribution in [0.15, 0.2) is 0 Å². The van der Waals surface area contributed by atoms with Crippen molar-refractivity contribution < 1.29 is 19.2 Å². The van der Waals surface area contributed by atoms with Crippen LogP contribution in [0, 0.1) is 0 Å². The van der Waals surface area contributed by atoms with Gasteiger partial charge in [0.1, 0.15) is 0 Å². The summed E-state index contributed by atoms with van der Waals surface area (Å²) in [6.45, 7) is 5.56. The molecular formula is C10H17NO4. The minimum Gasteiger partial charge on any atom is -0.353 e. The summed E-state index contributed by atoms with van der Waals surface area (Å²) in [6.07, 6.45) is 1.77. The number of nitrogens with zero attached hydrogens (tertiary/aromatic N) is 1. The summed E-state index contributed by atoms with van der Waals surface area (Å²) in [5, 5.41) is 1.06. The highest BCUT2D eigenvalue weighted by Gasteiger charge is 2.45. The lowest BCUT2D eigenvalue weighted by Gasteiger charge is -2.32. The van der Waals surface area contributed by atoms with E-state index in [0.717, 1.165) is 11.5 Å². The van der Waals surface area contributed by atoms with Gasteiger partial charge in [0.2, 0.25) is 0 Å². The fraction of sp³-hybridized carbons (Fsp3) is 0.800. The molecule has 0 N–H and O–H groups in total. The summed E-state index contributed by atoms with van der Waals surface area (Å²) >= 11 is 0. The second-order valence-electron chi connectivity index (χ2n) is 3.79. The minimum atomic E-state index is -0.793. The first kappa shape index (κ1) is 12.0. The topological polar surface area (TPSA) is 55.8 Å². The van der Waals surface area contributed by atoms with Crippen LogP contribution in [0.5, 0.6) is 0 Å². The number of rotatable bonds is 4. The smallest absolute Gasteiger partial charge is 0.329 e. The van der Waals surface area contributed by atoms with Gasteiger partial charge in [0, 0.05) is 26.4 Å². The molecule has 0 bridgehead atoms. The largest absolute Gasteiger partial charge is 0.353 e. The van der Waals surface area contributed by atoms with Gasteiger partial charge in [0.05, 0.1) is 0 Å². The van der Waals surface area contributed by atoms with Crippen LogP contribution in [-0.2, 0) is 19.2 Å². The van der Waals surface area contributed by atoms with E-state index in [2.05, 4.69) is 0 Å². The highest BCUT2D eigenvalue weighted by atomic mass is 16.7. The molecule has 0 aromatic rings. The van der Waals surface area contributed by atoms with Gasteiger partial charge in [-0.15, -0.1) is 5.06 Å². The maximum absolute atomic E-state index is 11.5. The maximum atomic E-state index is 11.5. The Morgan fingerprint density at radius 2 is 2.27 bits per heavy atom. The van der Waals surface area contributed by atoms with Gasteiger partial charge in [-0.3, -0.25) is 9.59 Å².